The number of ether oxygens (including phenoxy) is 1. The van der Waals surface area contributed by atoms with Crippen molar-refractivity contribution in [1.82, 2.24) is 9.55 Å². The number of nitrogens with zero attached hydrogens (tertiary/aromatic N) is 2. The van der Waals surface area contributed by atoms with E-state index in [9.17, 15) is 4.39 Å². The molecule has 1 aliphatic rings. The monoisotopic (exact) mass is 313 g/mol. The van der Waals surface area contributed by atoms with E-state index in [0.29, 0.717) is 15.9 Å². The fourth-order valence-corrected chi connectivity index (χ4v) is 2.77. The molecule has 2 aromatic rings. The highest BCUT2D eigenvalue weighted by atomic mass is 79.9. The zero-order valence-electron chi connectivity index (χ0n) is 9.86. The number of aromatic nitrogens is 2. The molecule has 3 rings (SSSR count). The van der Waals surface area contributed by atoms with Gasteiger partial charge in [-0.1, -0.05) is 0 Å². The summed E-state index contributed by atoms with van der Waals surface area (Å²) in [5.41, 5.74) is 7.38. The van der Waals surface area contributed by atoms with E-state index >= 15 is 0 Å². The predicted octanol–water partition coefficient (Wildman–Crippen LogP) is 2.87. The largest absolute Gasteiger partial charge is 0.381 e. The van der Waals surface area contributed by atoms with Crippen LogP contribution in [-0.2, 0) is 4.74 Å². The Labute approximate surface area is 112 Å². The highest BCUT2D eigenvalue weighted by Crippen LogP contribution is 2.38. The molecule has 1 aliphatic carbocycles. The Bertz CT molecular complexity index is 607. The SMILES string of the molecule is COC1CC(n2c(N)nc3cc(F)c(Br)cc32)C1. The third kappa shape index (κ3) is 1.71. The lowest BCUT2D eigenvalue weighted by Crippen LogP contribution is -2.33. The van der Waals surface area contributed by atoms with Gasteiger partial charge in [0.25, 0.3) is 0 Å². The summed E-state index contributed by atoms with van der Waals surface area (Å²) < 4.78 is 21.1. The quantitative estimate of drug-likeness (QED) is 0.927. The average Bonchev–Trinajstić information content (AvgIpc) is 2.55. The van der Waals surface area contributed by atoms with Crippen molar-refractivity contribution in [2.75, 3.05) is 12.8 Å². The maximum atomic E-state index is 13.4. The molecule has 1 aromatic carbocycles. The van der Waals surface area contributed by atoms with Crippen LogP contribution in [0, 0.1) is 5.82 Å². The summed E-state index contributed by atoms with van der Waals surface area (Å²) in [5.74, 6) is 0.109. The lowest BCUT2D eigenvalue weighted by molar-refractivity contribution is 0.00798. The van der Waals surface area contributed by atoms with E-state index in [2.05, 4.69) is 20.9 Å². The number of hydrogen-bond acceptors (Lipinski definition) is 3. The molecule has 0 bridgehead atoms. The molecule has 0 atom stereocenters. The molecule has 0 unspecified atom stereocenters. The van der Waals surface area contributed by atoms with E-state index in [0.717, 1.165) is 18.4 Å². The summed E-state index contributed by atoms with van der Waals surface area (Å²) in [6.45, 7) is 0. The number of halogens is 2. The Morgan fingerprint density at radius 2 is 2.22 bits per heavy atom. The smallest absolute Gasteiger partial charge is 0.201 e. The number of imidazole rings is 1. The van der Waals surface area contributed by atoms with Crippen LogP contribution in [0.5, 0.6) is 0 Å². The molecule has 18 heavy (non-hydrogen) atoms. The van der Waals surface area contributed by atoms with E-state index in [1.54, 1.807) is 13.2 Å². The van der Waals surface area contributed by atoms with Gasteiger partial charge in [-0.25, -0.2) is 9.37 Å². The Kier molecular flexibility index (Phi) is 2.79. The van der Waals surface area contributed by atoms with Crippen LogP contribution in [0.1, 0.15) is 18.9 Å². The molecule has 1 heterocycles. The first kappa shape index (κ1) is 11.9. The first-order valence-electron chi connectivity index (χ1n) is 5.75. The van der Waals surface area contributed by atoms with Crippen LogP contribution in [0.4, 0.5) is 10.3 Å². The van der Waals surface area contributed by atoms with Gasteiger partial charge in [0.15, 0.2) is 0 Å². The molecule has 0 spiro atoms. The fourth-order valence-electron chi connectivity index (χ4n) is 2.43. The predicted molar refractivity (Wildman–Crippen MR) is 70.9 cm³/mol. The van der Waals surface area contributed by atoms with Crippen LogP contribution in [0.3, 0.4) is 0 Å². The van der Waals surface area contributed by atoms with Crippen molar-refractivity contribution >= 4 is 32.9 Å². The second kappa shape index (κ2) is 4.20. The maximum absolute atomic E-state index is 13.4. The van der Waals surface area contributed by atoms with Crippen LogP contribution in [0.15, 0.2) is 16.6 Å². The van der Waals surface area contributed by atoms with Crippen LogP contribution >= 0.6 is 15.9 Å². The molecule has 0 aliphatic heterocycles. The minimum absolute atomic E-state index is 0.288. The van der Waals surface area contributed by atoms with Gasteiger partial charge in [-0.15, -0.1) is 0 Å². The lowest BCUT2D eigenvalue weighted by Gasteiger charge is -2.35. The van der Waals surface area contributed by atoms with Crippen molar-refractivity contribution in [1.29, 1.82) is 0 Å². The van der Waals surface area contributed by atoms with Gasteiger partial charge >= 0.3 is 0 Å². The standard InChI is InChI=1S/C12H13BrFN3O/c1-18-7-2-6(3-7)17-11-4-8(13)9(14)5-10(11)16-12(17)15/h4-7H,2-3H2,1H3,(H2,15,16). The summed E-state index contributed by atoms with van der Waals surface area (Å²) in [6, 6.07) is 3.42. The van der Waals surface area contributed by atoms with Crippen LogP contribution < -0.4 is 5.73 Å². The summed E-state index contributed by atoms with van der Waals surface area (Å²) in [6.07, 6.45) is 2.12. The van der Waals surface area contributed by atoms with Gasteiger partial charge in [-0.3, -0.25) is 0 Å². The number of rotatable bonds is 2. The van der Waals surface area contributed by atoms with E-state index in [4.69, 9.17) is 10.5 Å². The van der Waals surface area contributed by atoms with Gasteiger partial charge < -0.3 is 15.0 Å². The maximum Gasteiger partial charge on any atom is 0.201 e. The third-order valence-electron chi connectivity index (χ3n) is 3.53. The second-order valence-electron chi connectivity index (χ2n) is 4.58. The minimum Gasteiger partial charge on any atom is -0.381 e. The number of methoxy groups -OCH3 is 1. The molecule has 1 saturated carbocycles. The summed E-state index contributed by atoms with van der Waals surface area (Å²) >= 11 is 3.19. The van der Waals surface area contributed by atoms with Crippen LogP contribution in [0.2, 0.25) is 0 Å². The van der Waals surface area contributed by atoms with E-state index in [1.807, 2.05) is 4.57 Å². The van der Waals surface area contributed by atoms with Gasteiger partial charge in [-0.05, 0) is 34.8 Å². The molecule has 96 valence electrons. The van der Waals surface area contributed by atoms with Crippen molar-refractivity contribution < 1.29 is 9.13 Å². The second-order valence-corrected chi connectivity index (χ2v) is 5.43. The van der Waals surface area contributed by atoms with Crippen molar-refractivity contribution in [3.8, 4) is 0 Å². The van der Waals surface area contributed by atoms with Gasteiger partial charge in [-0.2, -0.15) is 0 Å². The van der Waals surface area contributed by atoms with Crippen LogP contribution in [0.25, 0.3) is 11.0 Å². The Hall–Kier alpha value is -1.14. The lowest BCUT2D eigenvalue weighted by atomic mass is 9.89. The molecule has 2 N–H and O–H groups in total. The Balaban J connectivity index is 2.06. The van der Waals surface area contributed by atoms with Crippen molar-refractivity contribution in [2.24, 2.45) is 0 Å². The van der Waals surface area contributed by atoms with E-state index in [1.165, 1.54) is 6.07 Å². The fraction of sp³-hybridized carbons (Fsp3) is 0.417. The van der Waals surface area contributed by atoms with Gasteiger partial charge in [0.2, 0.25) is 5.95 Å². The highest BCUT2D eigenvalue weighted by molar-refractivity contribution is 9.10. The molecular weight excluding hydrogens is 301 g/mol. The molecule has 1 fully saturated rings. The van der Waals surface area contributed by atoms with Gasteiger partial charge in [0, 0.05) is 19.2 Å². The molecule has 4 nitrogen and oxygen atoms in total. The Morgan fingerprint density at radius 1 is 1.50 bits per heavy atom. The minimum atomic E-state index is -0.324. The molecular formula is C12H13BrFN3O. The zero-order chi connectivity index (χ0) is 12.9. The van der Waals surface area contributed by atoms with Crippen molar-refractivity contribution in [3.63, 3.8) is 0 Å². The van der Waals surface area contributed by atoms with Crippen LogP contribution in [-0.4, -0.2) is 22.8 Å². The molecule has 0 radical (unpaired) electrons. The molecule has 1 aromatic heterocycles. The first-order chi connectivity index (χ1) is 8.60. The van der Waals surface area contributed by atoms with Gasteiger partial charge in [0.05, 0.1) is 21.6 Å². The molecule has 6 heteroatoms. The van der Waals surface area contributed by atoms with Crippen molar-refractivity contribution in [3.05, 3.63) is 22.4 Å². The first-order valence-corrected chi connectivity index (χ1v) is 6.54. The zero-order valence-corrected chi connectivity index (χ0v) is 11.4. The molecule has 0 amide bonds. The summed E-state index contributed by atoms with van der Waals surface area (Å²) in [5, 5.41) is 0. The number of nitrogens with two attached hydrogens (primary N) is 1. The normalized spacial score (nSPS) is 23.3. The van der Waals surface area contributed by atoms with E-state index < -0.39 is 0 Å². The molecule has 0 saturated heterocycles. The number of benzene rings is 1. The third-order valence-corrected chi connectivity index (χ3v) is 4.13. The number of hydrogen-bond donors (Lipinski definition) is 1. The van der Waals surface area contributed by atoms with Gasteiger partial charge in [0.1, 0.15) is 5.82 Å². The topological polar surface area (TPSA) is 53.1 Å². The van der Waals surface area contributed by atoms with E-state index in [-0.39, 0.29) is 18.0 Å². The number of nitrogen functional groups attached to an aromatic ring is 1. The average molecular weight is 314 g/mol. The number of fused-ring (bicyclic) bond motifs is 1. The number of anilines is 1. The Morgan fingerprint density at radius 3 is 2.89 bits per heavy atom. The highest BCUT2D eigenvalue weighted by Gasteiger charge is 2.32. The summed E-state index contributed by atoms with van der Waals surface area (Å²) in [4.78, 5) is 4.21. The van der Waals surface area contributed by atoms with Crippen molar-refractivity contribution in [2.45, 2.75) is 25.0 Å². The summed E-state index contributed by atoms with van der Waals surface area (Å²) in [7, 11) is 1.71.